The highest BCUT2D eigenvalue weighted by Crippen LogP contribution is 2.32. The van der Waals surface area contributed by atoms with Crippen molar-refractivity contribution in [1.29, 1.82) is 0 Å². The summed E-state index contributed by atoms with van der Waals surface area (Å²) in [6, 6.07) is 14.1. The monoisotopic (exact) mass is 364 g/mol. The summed E-state index contributed by atoms with van der Waals surface area (Å²) in [5.74, 6) is 2.00. The van der Waals surface area contributed by atoms with Crippen LogP contribution in [0, 0.1) is 0 Å². The Morgan fingerprint density at radius 1 is 1.04 bits per heavy atom. The van der Waals surface area contributed by atoms with Crippen LogP contribution < -0.4 is 14.2 Å². The lowest BCUT2D eigenvalue weighted by molar-refractivity contribution is 0.103. The third-order valence-corrected chi connectivity index (χ3v) is 4.03. The first kappa shape index (κ1) is 18.3. The summed E-state index contributed by atoms with van der Waals surface area (Å²) in [7, 11) is 3.06. The van der Waals surface area contributed by atoms with E-state index in [9.17, 15) is 4.79 Å². The SMILES string of the molecule is C=CCOc1ccc(C(=O)c2cc(-c3ccco3)ccc2OC)cc1OC. The second-order valence-electron chi connectivity index (χ2n) is 5.69. The van der Waals surface area contributed by atoms with Crippen molar-refractivity contribution < 1.29 is 23.4 Å². The van der Waals surface area contributed by atoms with Crippen molar-refractivity contribution in [2.24, 2.45) is 0 Å². The van der Waals surface area contributed by atoms with Crippen molar-refractivity contribution in [1.82, 2.24) is 0 Å². The van der Waals surface area contributed by atoms with Crippen LogP contribution in [-0.2, 0) is 0 Å². The predicted octanol–water partition coefficient (Wildman–Crippen LogP) is 4.76. The molecule has 0 fully saturated rings. The van der Waals surface area contributed by atoms with Crippen molar-refractivity contribution in [2.45, 2.75) is 0 Å². The molecule has 5 nitrogen and oxygen atoms in total. The van der Waals surface area contributed by atoms with E-state index in [1.54, 1.807) is 48.7 Å². The summed E-state index contributed by atoms with van der Waals surface area (Å²) in [4.78, 5) is 13.1. The van der Waals surface area contributed by atoms with E-state index in [2.05, 4.69) is 6.58 Å². The predicted molar refractivity (Wildman–Crippen MR) is 103 cm³/mol. The molecular formula is C22H20O5. The second-order valence-corrected chi connectivity index (χ2v) is 5.69. The highest BCUT2D eigenvalue weighted by atomic mass is 16.5. The summed E-state index contributed by atoms with van der Waals surface area (Å²) < 4.78 is 21.7. The van der Waals surface area contributed by atoms with Gasteiger partial charge in [0, 0.05) is 11.1 Å². The standard InChI is InChI=1S/C22H20O5/c1-4-11-26-20-10-8-16(14-21(20)25-3)22(23)17-13-15(7-9-19(17)24-2)18-6-5-12-27-18/h4-10,12-14H,1,11H2,2-3H3. The van der Waals surface area contributed by atoms with Crippen LogP contribution in [0.4, 0.5) is 0 Å². The molecule has 0 bridgehead atoms. The number of benzene rings is 2. The summed E-state index contributed by atoms with van der Waals surface area (Å²) in [6.07, 6.45) is 3.23. The number of methoxy groups -OCH3 is 2. The Labute approximate surface area is 157 Å². The Hall–Kier alpha value is -3.47. The first-order valence-corrected chi connectivity index (χ1v) is 8.36. The smallest absolute Gasteiger partial charge is 0.196 e. The number of ether oxygens (including phenoxy) is 3. The van der Waals surface area contributed by atoms with E-state index in [4.69, 9.17) is 18.6 Å². The minimum absolute atomic E-state index is 0.186. The molecule has 0 radical (unpaired) electrons. The van der Waals surface area contributed by atoms with Crippen LogP contribution in [0.15, 0.2) is 71.9 Å². The van der Waals surface area contributed by atoms with Gasteiger partial charge in [0.05, 0.1) is 26.0 Å². The van der Waals surface area contributed by atoms with Gasteiger partial charge in [-0.3, -0.25) is 4.79 Å². The zero-order chi connectivity index (χ0) is 19.2. The van der Waals surface area contributed by atoms with Gasteiger partial charge < -0.3 is 18.6 Å². The summed E-state index contributed by atoms with van der Waals surface area (Å²) in [5.41, 5.74) is 1.70. The molecule has 3 rings (SSSR count). The van der Waals surface area contributed by atoms with Crippen LogP contribution in [0.5, 0.6) is 17.2 Å². The second kappa shape index (κ2) is 8.27. The molecule has 0 N–H and O–H groups in total. The molecule has 5 heteroatoms. The lowest BCUT2D eigenvalue weighted by Gasteiger charge is -2.12. The third kappa shape index (κ3) is 3.87. The van der Waals surface area contributed by atoms with Gasteiger partial charge in [-0.05, 0) is 48.5 Å². The summed E-state index contributed by atoms with van der Waals surface area (Å²) in [5, 5.41) is 0. The first-order valence-electron chi connectivity index (χ1n) is 8.36. The molecule has 0 aliphatic carbocycles. The molecule has 0 amide bonds. The van der Waals surface area contributed by atoms with E-state index in [0.717, 1.165) is 5.56 Å². The van der Waals surface area contributed by atoms with Gasteiger partial charge in [-0.15, -0.1) is 0 Å². The maximum Gasteiger partial charge on any atom is 0.196 e. The molecule has 0 aliphatic heterocycles. The fourth-order valence-electron chi connectivity index (χ4n) is 2.71. The van der Waals surface area contributed by atoms with E-state index in [1.165, 1.54) is 14.2 Å². The Morgan fingerprint density at radius 3 is 2.48 bits per heavy atom. The molecule has 0 atom stereocenters. The number of carbonyl (C=O) groups is 1. The van der Waals surface area contributed by atoms with Gasteiger partial charge in [0.15, 0.2) is 17.3 Å². The van der Waals surface area contributed by atoms with Crippen molar-refractivity contribution in [3.05, 3.63) is 78.6 Å². The van der Waals surface area contributed by atoms with Crippen LogP contribution >= 0.6 is 0 Å². The average Bonchev–Trinajstić information content (AvgIpc) is 3.26. The van der Waals surface area contributed by atoms with Crippen LogP contribution in [0.1, 0.15) is 15.9 Å². The van der Waals surface area contributed by atoms with Gasteiger partial charge in [0.2, 0.25) is 0 Å². The van der Waals surface area contributed by atoms with Crippen LogP contribution in [0.2, 0.25) is 0 Å². The maximum atomic E-state index is 13.1. The Balaban J connectivity index is 1.99. The number of hydrogen-bond donors (Lipinski definition) is 0. The molecule has 3 aromatic rings. The number of carbonyl (C=O) groups excluding carboxylic acids is 1. The number of hydrogen-bond acceptors (Lipinski definition) is 5. The highest BCUT2D eigenvalue weighted by molar-refractivity contribution is 6.11. The van der Waals surface area contributed by atoms with E-state index >= 15 is 0 Å². The molecule has 27 heavy (non-hydrogen) atoms. The van der Waals surface area contributed by atoms with Gasteiger partial charge in [0.25, 0.3) is 0 Å². The highest BCUT2D eigenvalue weighted by Gasteiger charge is 2.18. The van der Waals surface area contributed by atoms with Gasteiger partial charge in [-0.2, -0.15) is 0 Å². The molecule has 1 aromatic heterocycles. The number of rotatable bonds is 8. The molecule has 0 aliphatic rings. The fraction of sp³-hybridized carbons (Fsp3) is 0.136. The van der Waals surface area contributed by atoms with E-state index < -0.39 is 0 Å². The molecular weight excluding hydrogens is 344 g/mol. The van der Waals surface area contributed by atoms with Gasteiger partial charge in [-0.1, -0.05) is 12.7 Å². The average molecular weight is 364 g/mol. The normalized spacial score (nSPS) is 10.3. The fourth-order valence-corrected chi connectivity index (χ4v) is 2.71. The van der Waals surface area contributed by atoms with E-state index in [-0.39, 0.29) is 5.78 Å². The lowest BCUT2D eigenvalue weighted by atomic mass is 9.99. The van der Waals surface area contributed by atoms with Crippen molar-refractivity contribution >= 4 is 5.78 Å². The maximum absolute atomic E-state index is 13.1. The Morgan fingerprint density at radius 2 is 1.81 bits per heavy atom. The van der Waals surface area contributed by atoms with Crippen LogP contribution in [0.25, 0.3) is 11.3 Å². The Bertz CT molecular complexity index is 941. The molecule has 2 aromatic carbocycles. The van der Waals surface area contributed by atoms with E-state index in [1.807, 2.05) is 12.1 Å². The molecule has 0 saturated carbocycles. The largest absolute Gasteiger partial charge is 0.496 e. The molecule has 138 valence electrons. The molecule has 0 saturated heterocycles. The third-order valence-electron chi connectivity index (χ3n) is 4.03. The van der Waals surface area contributed by atoms with E-state index in [0.29, 0.717) is 40.7 Å². The first-order chi connectivity index (χ1) is 13.2. The summed E-state index contributed by atoms with van der Waals surface area (Å²) >= 11 is 0. The number of furan rings is 1. The number of ketones is 1. The quantitative estimate of drug-likeness (QED) is 0.426. The minimum Gasteiger partial charge on any atom is -0.496 e. The van der Waals surface area contributed by atoms with Crippen molar-refractivity contribution in [2.75, 3.05) is 20.8 Å². The van der Waals surface area contributed by atoms with Crippen LogP contribution in [-0.4, -0.2) is 26.6 Å². The minimum atomic E-state index is -0.186. The lowest BCUT2D eigenvalue weighted by Crippen LogP contribution is -2.05. The molecule has 0 spiro atoms. The molecule has 1 heterocycles. The molecule has 0 unspecified atom stereocenters. The zero-order valence-corrected chi connectivity index (χ0v) is 15.2. The zero-order valence-electron chi connectivity index (χ0n) is 15.2. The topological polar surface area (TPSA) is 57.9 Å². The van der Waals surface area contributed by atoms with Gasteiger partial charge >= 0.3 is 0 Å². The van der Waals surface area contributed by atoms with Gasteiger partial charge in [0.1, 0.15) is 18.1 Å². The summed E-state index contributed by atoms with van der Waals surface area (Å²) in [6.45, 7) is 3.97. The van der Waals surface area contributed by atoms with Crippen molar-refractivity contribution in [3.63, 3.8) is 0 Å². The van der Waals surface area contributed by atoms with Crippen LogP contribution in [0.3, 0.4) is 0 Å². The van der Waals surface area contributed by atoms with Gasteiger partial charge in [-0.25, -0.2) is 0 Å². The Kier molecular flexibility index (Phi) is 5.61. The van der Waals surface area contributed by atoms with Crippen molar-refractivity contribution in [3.8, 4) is 28.6 Å².